The Bertz CT molecular complexity index is 599. The Morgan fingerprint density at radius 2 is 1.89 bits per heavy atom. The zero-order valence-electron chi connectivity index (χ0n) is 10.4. The van der Waals surface area contributed by atoms with Crippen molar-refractivity contribution in [1.82, 2.24) is 4.90 Å². The highest BCUT2D eigenvalue weighted by atomic mass is 32.2. The van der Waals surface area contributed by atoms with E-state index >= 15 is 0 Å². The molecule has 5 nitrogen and oxygen atoms in total. The van der Waals surface area contributed by atoms with Gasteiger partial charge in [0.2, 0.25) is 0 Å². The van der Waals surface area contributed by atoms with E-state index in [1.54, 1.807) is 19.0 Å². The van der Waals surface area contributed by atoms with Crippen LogP contribution < -0.4 is 0 Å². The quantitative estimate of drug-likeness (QED) is 0.820. The number of hydrogen-bond donors (Lipinski definition) is 1. The van der Waals surface area contributed by atoms with Gasteiger partial charge in [0.05, 0.1) is 5.75 Å². The molecule has 0 spiro atoms. The largest absolute Gasteiger partial charge is 0.477 e. The highest BCUT2D eigenvalue weighted by Crippen LogP contribution is 2.22. The third-order valence-corrected chi connectivity index (χ3v) is 4.12. The van der Waals surface area contributed by atoms with Crippen molar-refractivity contribution < 1.29 is 27.1 Å². The van der Waals surface area contributed by atoms with Gasteiger partial charge in [0.15, 0.2) is 15.7 Å². The van der Waals surface area contributed by atoms with Crippen LogP contribution in [-0.4, -0.2) is 50.8 Å². The molecule has 0 radical (unpaired) electrons. The van der Waals surface area contributed by atoms with E-state index in [0.717, 1.165) is 6.07 Å². The van der Waals surface area contributed by atoms with Gasteiger partial charge in [-0.05, 0) is 26.2 Å². The molecule has 0 amide bonds. The number of hydrogen-bond acceptors (Lipinski definition) is 4. The summed E-state index contributed by atoms with van der Waals surface area (Å²) in [4.78, 5) is 11.5. The number of carboxylic acid groups (broad SMARTS) is 1. The first kappa shape index (κ1) is 15.5. The molecule has 0 saturated heterocycles. The molecule has 0 aliphatic heterocycles. The lowest BCUT2D eigenvalue weighted by atomic mass is 10.2. The summed E-state index contributed by atoms with van der Waals surface area (Å²) in [5, 5.41) is 8.67. The van der Waals surface area contributed by atoms with E-state index in [0.29, 0.717) is 6.07 Å². The van der Waals surface area contributed by atoms with Gasteiger partial charge in [0.25, 0.3) is 0 Å². The van der Waals surface area contributed by atoms with Gasteiger partial charge in [0.1, 0.15) is 16.3 Å². The maximum absolute atomic E-state index is 13.8. The Hall–Kier alpha value is -1.54. The SMILES string of the molecule is CN(C)CCS(=O)(=O)c1ccc(F)c(C(=O)O)c1F. The number of aromatic carboxylic acids is 1. The minimum atomic E-state index is -4.01. The molecule has 0 bridgehead atoms. The van der Waals surface area contributed by atoms with Gasteiger partial charge in [-0.25, -0.2) is 22.0 Å². The van der Waals surface area contributed by atoms with Crippen molar-refractivity contribution in [3.63, 3.8) is 0 Å². The Balaban J connectivity index is 3.29. The maximum Gasteiger partial charge on any atom is 0.341 e. The van der Waals surface area contributed by atoms with Crippen molar-refractivity contribution in [1.29, 1.82) is 0 Å². The molecule has 0 aliphatic carbocycles. The molecular weight excluding hydrogens is 280 g/mol. The standard InChI is InChI=1S/C11H13F2NO4S/c1-14(2)5-6-19(17,18)8-4-3-7(12)9(10(8)13)11(15)16/h3-4H,5-6H2,1-2H3,(H,15,16). The Morgan fingerprint density at radius 3 is 2.37 bits per heavy atom. The summed E-state index contributed by atoms with van der Waals surface area (Å²) >= 11 is 0. The van der Waals surface area contributed by atoms with Gasteiger partial charge in [-0.15, -0.1) is 0 Å². The predicted octanol–water partition coefficient (Wildman–Crippen LogP) is 0.998. The molecule has 0 atom stereocenters. The fourth-order valence-corrected chi connectivity index (χ4v) is 2.86. The molecule has 1 N–H and O–H groups in total. The van der Waals surface area contributed by atoms with E-state index in [2.05, 4.69) is 0 Å². The third-order valence-electron chi connectivity index (χ3n) is 2.41. The van der Waals surface area contributed by atoms with Gasteiger partial charge in [-0.2, -0.15) is 0 Å². The molecule has 0 aromatic heterocycles. The van der Waals surface area contributed by atoms with Crippen molar-refractivity contribution in [2.24, 2.45) is 0 Å². The van der Waals surface area contributed by atoms with E-state index in [-0.39, 0.29) is 12.3 Å². The summed E-state index contributed by atoms with van der Waals surface area (Å²) in [5.74, 6) is -5.11. The second-order valence-corrected chi connectivity index (χ2v) is 6.24. The van der Waals surface area contributed by atoms with E-state index in [1.807, 2.05) is 0 Å². The summed E-state index contributed by atoms with van der Waals surface area (Å²) < 4.78 is 50.7. The first-order chi connectivity index (χ1) is 8.66. The normalized spacial score (nSPS) is 11.8. The molecular formula is C11H13F2NO4S. The van der Waals surface area contributed by atoms with Crippen molar-refractivity contribution in [3.8, 4) is 0 Å². The Morgan fingerprint density at radius 1 is 1.32 bits per heavy atom. The number of carbonyl (C=O) groups is 1. The lowest BCUT2D eigenvalue weighted by molar-refractivity contribution is 0.0685. The molecule has 19 heavy (non-hydrogen) atoms. The molecule has 8 heteroatoms. The molecule has 0 heterocycles. The molecule has 0 aliphatic rings. The maximum atomic E-state index is 13.8. The van der Waals surface area contributed by atoms with Gasteiger partial charge in [-0.3, -0.25) is 0 Å². The smallest absolute Gasteiger partial charge is 0.341 e. The average molecular weight is 293 g/mol. The second-order valence-electron chi connectivity index (χ2n) is 4.16. The number of nitrogens with zero attached hydrogens (tertiary/aromatic N) is 1. The van der Waals surface area contributed by atoms with Crippen LogP contribution in [0.1, 0.15) is 10.4 Å². The van der Waals surface area contributed by atoms with Gasteiger partial charge < -0.3 is 10.0 Å². The molecule has 106 valence electrons. The zero-order chi connectivity index (χ0) is 14.8. The number of rotatable bonds is 5. The van der Waals surface area contributed by atoms with E-state index in [1.165, 1.54) is 0 Å². The van der Waals surface area contributed by atoms with Gasteiger partial charge in [0, 0.05) is 6.54 Å². The molecule has 1 rings (SSSR count). The fourth-order valence-electron chi connectivity index (χ4n) is 1.38. The minimum absolute atomic E-state index is 0.140. The van der Waals surface area contributed by atoms with E-state index in [4.69, 9.17) is 5.11 Å². The molecule has 1 aromatic rings. The monoisotopic (exact) mass is 293 g/mol. The van der Waals surface area contributed by atoms with Crippen LogP contribution in [0.3, 0.4) is 0 Å². The van der Waals surface area contributed by atoms with Crippen LogP contribution in [-0.2, 0) is 9.84 Å². The molecule has 0 saturated carbocycles. The van der Waals surface area contributed by atoms with Crippen molar-refractivity contribution >= 4 is 15.8 Å². The van der Waals surface area contributed by atoms with Crippen LogP contribution in [0.15, 0.2) is 17.0 Å². The van der Waals surface area contributed by atoms with Crippen LogP contribution in [0, 0.1) is 11.6 Å². The van der Waals surface area contributed by atoms with Crippen molar-refractivity contribution in [2.45, 2.75) is 4.90 Å². The number of halogens is 2. The summed E-state index contributed by atoms with van der Waals surface area (Å²) in [6, 6.07) is 1.37. The molecule has 0 fully saturated rings. The van der Waals surface area contributed by atoms with E-state index in [9.17, 15) is 22.0 Å². The molecule has 1 aromatic carbocycles. The highest BCUT2D eigenvalue weighted by Gasteiger charge is 2.26. The number of benzene rings is 1. The van der Waals surface area contributed by atoms with Gasteiger partial charge in [-0.1, -0.05) is 0 Å². The van der Waals surface area contributed by atoms with Crippen molar-refractivity contribution in [3.05, 3.63) is 29.3 Å². The summed E-state index contributed by atoms with van der Waals surface area (Å²) in [7, 11) is -0.729. The third kappa shape index (κ3) is 3.48. The predicted molar refractivity (Wildman–Crippen MR) is 63.9 cm³/mol. The minimum Gasteiger partial charge on any atom is -0.477 e. The summed E-state index contributed by atoms with van der Waals surface area (Å²) in [5.41, 5.74) is -1.26. The second kappa shape index (κ2) is 5.62. The number of carboxylic acids is 1. The van der Waals surface area contributed by atoms with Crippen LogP contribution >= 0.6 is 0 Å². The first-order valence-corrected chi connectivity index (χ1v) is 6.91. The van der Waals surface area contributed by atoms with Crippen LogP contribution in [0.4, 0.5) is 8.78 Å². The Kier molecular flexibility index (Phi) is 4.59. The topological polar surface area (TPSA) is 74.7 Å². The summed E-state index contributed by atoms with van der Waals surface area (Å²) in [6.07, 6.45) is 0. The van der Waals surface area contributed by atoms with E-state index < -0.39 is 37.9 Å². The number of sulfone groups is 1. The molecule has 0 unspecified atom stereocenters. The fraction of sp³-hybridized carbons (Fsp3) is 0.364. The van der Waals surface area contributed by atoms with Crippen LogP contribution in [0.5, 0.6) is 0 Å². The summed E-state index contributed by atoms with van der Waals surface area (Å²) in [6.45, 7) is 0.140. The lowest BCUT2D eigenvalue weighted by Gasteiger charge is -2.11. The van der Waals surface area contributed by atoms with Crippen LogP contribution in [0.25, 0.3) is 0 Å². The van der Waals surface area contributed by atoms with Crippen LogP contribution in [0.2, 0.25) is 0 Å². The average Bonchev–Trinajstić information content (AvgIpc) is 2.25. The zero-order valence-corrected chi connectivity index (χ0v) is 11.2. The first-order valence-electron chi connectivity index (χ1n) is 5.25. The lowest BCUT2D eigenvalue weighted by Crippen LogP contribution is -2.23. The van der Waals surface area contributed by atoms with Crippen molar-refractivity contribution in [2.75, 3.05) is 26.4 Å². The Labute approximate surface area is 109 Å². The van der Waals surface area contributed by atoms with Gasteiger partial charge >= 0.3 is 5.97 Å². The highest BCUT2D eigenvalue weighted by molar-refractivity contribution is 7.91.